The molecule has 1 N–H and O–H groups in total. The van der Waals surface area contributed by atoms with Gasteiger partial charge in [-0.3, -0.25) is 14.4 Å². The van der Waals surface area contributed by atoms with Gasteiger partial charge in [-0.15, -0.1) is 0 Å². The van der Waals surface area contributed by atoms with Crippen LogP contribution in [0, 0.1) is 0 Å². The number of esters is 1. The summed E-state index contributed by atoms with van der Waals surface area (Å²) < 4.78 is 4.93. The second-order valence-electron chi connectivity index (χ2n) is 4.12. The van der Waals surface area contributed by atoms with Gasteiger partial charge in [0.1, 0.15) is 5.76 Å². The van der Waals surface area contributed by atoms with Crippen molar-refractivity contribution in [1.82, 2.24) is 0 Å². The van der Waals surface area contributed by atoms with E-state index in [1.807, 2.05) is 0 Å². The van der Waals surface area contributed by atoms with E-state index in [0.717, 1.165) is 0 Å². The largest absolute Gasteiger partial charge is 0.507 e. The SMILES string of the molecule is CC(=O)O[C@@]1(C)C=C(C(C)=O)C(O)=C(C)C1=O. The molecule has 0 fully saturated rings. The van der Waals surface area contributed by atoms with Crippen LogP contribution in [-0.4, -0.2) is 28.2 Å². The van der Waals surface area contributed by atoms with Crippen LogP contribution in [0.2, 0.25) is 0 Å². The monoisotopic (exact) mass is 238 g/mol. The zero-order chi connectivity index (χ0) is 13.4. The molecule has 17 heavy (non-hydrogen) atoms. The Morgan fingerprint density at radius 1 is 1.35 bits per heavy atom. The number of hydrogen-bond acceptors (Lipinski definition) is 5. The van der Waals surface area contributed by atoms with Gasteiger partial charge in [-0.2, -0.15) is 0 Å². The fourth-order valence-corrected chi connectivity index (χ4v) is 1.73. The lowest BCUT2D eigenvalue weighted by Crippen LogP contribution is -2.42. The zero-order valence-electron chi connectivity index (χ0n) is 10.2. The summed E-state index contributed by atoms with van der Waals surface area (Å²) in [6.07, 6.45) is 1.18. The molecule has 1 atom stereocenters. The van der Waals surface area contributed by atoms with Gasteiger partial charge in [0.05, 0.1) is 5.57 Å². The highest BCUT2D eigenvalue weighted by Crippen LogP contribution is 2.30. The molecule has 1 rings (SSSR count). The highest BCUT2D eigenvalue weighted by atomic mass is 16.6. The third-order valence-electron chi connectivity index (χ3n) is 2.56. The number of hydrogen-bond donors (Lipinski definition) is 1. The molecule has 0 radical (unpaired) electrons. The number of carbonyl (C=O) groups excluding carboxylic acids is 3. The Labute approximate surface area is 98.8 Å². The van der Waals surface area contributed by atoms with Crippen molar-refractivity contribution in [3.63, 3.8) is 0 Å². The molecule has 0 bridgehead atoms. The van der Waals surface area contributed by atoms with Gasteiger partial charge in [0.25, 0.3) is 0 Å². The van der Waals surface area contributed by atoms with Crippen LogP contribution in [0.1, 0.15) is 27.7 Å². The number of aliphatic hydroxyl groups is 1. The first-order chi connectivity index (χ1) is 7.69. The summed E-state index contributed by atoms with van der Waals surface area (Å²) in [5.41, 5.74) is -1.52. The molecule has 0 aromatic carbocycles. The molecule has 0 spiro atoms. The summed E-state index contributed by atoms with van der Waals surface area (Å²) in [5, 5.41) is 9.67. The number of carbonyl (C=O) groups is 3. The Balaban J connectivity index is 3.33. The van der Waals surface area contributed by atoms with Crippen LogP contribution in [0.4, 0.5) is 0 Å². The van der Waals surface area contributed by atoms with Crippen molar-refractivity contribution in [2.24, 2.45) is 0 Å². The minimum absolute atomic E-state index is 0.00847. The molecule has 0 aromatic rings. The molecular weight excluding hydrogens is 224 g/mol. The maximum Gasteiger partial charge on any atom is 0.303 e. The van der Waals surface area contributed by atoms with Crippen molar-refractivity contribution in [3.8, 4) is 0 Å². The Morgan fingerprint density at radius 3 is 2.29 bits per heavy atom. The third kappa shape index (κ3) is 2.27. The van der Waals surface area contributed by atoms with Crippen molar-refractivity contribution < 1.29 is 24.2 Å². The summed E-state index contributed by atoms with van der Waals surface area (Å²) in [7, 11) is 0. The Kier molecular flexibility index (Phi) is 3.22. The van der Waals surface area contributed by atoms with Crippen molar-refractivity contribution in [1.29, 1.82) is 0 Å². The standard InChI is InChI=1S/C12H14O5/c1-6-10(15)9(7(2)13)5-12(4,11(6)16)17-8(3)14/h5,15H,1-4H3/t12-/m0/s1. The lowest BCUT2D eigenvalue weighted by Gasteiger charge is -2.29. The molecule has 0 unspecified atom stereocenters. The van der Waals surface area contributed by atoms with Crippen LogP contribution in [-0.2, 0) is 19.1 Å². The fourth-order valence-electron chi connectivity index (χ4n) is 1.73. The highest BCUT2D eigenvalue weighted by molar-refractivity contribution is 6.10. The van der Waals surface area contributed by atoms with E-state index in [1.54, 1.807) is 0 Å². The molecule has 1 aliphatic rings. The van der Waals surface area contributed by atoms with Gasteiger partial charge in [-0.1, -0.05) is 0 Å². The predicted molar refractivity (Wildman–Crippen MR) is 59.3 cm³/mol. The Hall–Kier alpha value is -1.91. The van der Waals surface area contributed by atoms with E-state index in [1.165, 1.54) is 33.8 Å². The van der Waals surface area contributed by atoms with Crippen molar-refractivity contribution >= 4 is 17.5 Å². The minimum Gasteiger partial charge on any atom is -0.507 e. The first-order valence-corrected chi connectivity index (χ1v) is 5.07. The van der Waals surface area contributed by atoms with Gasteiger partial charge in [-0.25, -0.2) is 0 Å². The maximum absolute atomic E-state index is 11.9. The average molecular weight is 238 g/mol. The van der Waals surface area contributed by atoms with Crippen molar-refractivity contribution in [2.75, 3.05) is 0 Å². The predicted octanol–water partition coefficient (Wildman–Crippen LogP) is 1.24. The lowest BCUT2D eigenvalue weighted by atomic mass is 9.84. The smallest absolute Gasteiger partial charge is 0.303 e. The van der Waals surface area contributed by atoms with E-state index in [-0.39, 0.29) is 16.9 Å². The average Bonchev–Trinajstić information content (AvgIpc) is 2.19. The molecular formula is C12H14O5. The van der Waals surface area contributed by atoms with Gasteiger partial charge in [0, 0.05) is 12.5 Å². The van der Waals surface area contributed by atoms with Crippen LogP contribution >= 0.6 is 0 Å². The molecule has 0 saturated heterocycles. The summed E-state index contributed by atoms with van der Waals surface area (Å²) in [6, 6.07) is 0. The number of aliphatic hydroxyl groups excluding tert-OH is 1. The molecule has 0 heterocycles. The molecule has 0 aromatic heterocycles. The Morgan fingerprint density at radius 2 is 1.88 bits per heavy atom. The summed E-state index contributed by atoms with van der Waals surface area (Å²) in [6.45, 7) is 5.21. The fraction of sp³-hybridized carbons (Fsp3) is 0.417. The summed E-state index contributed by atoms with van der Waals surface area (Å²) in [5.74, 6) is -1.91. The molecule has 92 valence electrons. The van der Waals surface area contributed by atoms with Gasteiger partial charge in [0.2, 0.25) is 5.78 Å². The van der Waals surface area contributed by atoms with Gasteiger partial charge in [-0.05, 0) is 26.8 Å². The summed E-state index contributed by atoms with van der Waals surface area (Å²) in [4.78, 5) is 34.2. The first-order valence-electron chi connectivity index (χ1n) is 5.07. The Bertz CT molecular complexity index is 469. The van der Waals surface area contributed by atoms with Crippen LogP contribution in [0.15, 0.2) is 23.0 Å². The molecule has 0 amide bonds. The van der Waals surface area contributed by atoms with Crippen LogP contribution in [0.3, 0.4) is 0 Å². The quantitative estimate of drug-likeness (QED) is 0.732. The molecule has 0 saturated carbocycles. The number of rotatable bonds is 2. The van der Waals surface area contributed by atoms with E-state index >= 15 is 0 Å². The molecule has 0 aliphatic heterocycles. The van der Waals surface area contributed by atoms with Crippen LogP contribution in [0.25, 0.3) is 0 Å². The van der Waals surface area contributed by atoms with Crippen LogP contribution < -0.4 is 0 Å². The van der Waals surface area contributed by atoms with Crippen LogP contribution in [0.5, 0.6) is 0 Å². The van der Waals surface area contributed by atoms with Crippen molar-refractivity contribution in [2.45, 2.75) is 33.3 Å². The minimum atomic E-state index is -1.52. The zero-order valence-corrected chi connectivity index (χ0v) is 10.2. The topological polar surface area (TPSA) is 80.7 Å². The van der Waals surface area contributed by atoms with E-state index in [4.69, 9.17) is 4.74 Å². The second kappa shape index (κ2) is 4.16. The van der Waals surface area contributed by atoms with Gasteiger partial charge >= 0.3 is 5.97 Å². The van der Waals surface area contributed by atoms with Gasteiger partial charge < -0.3 is 9.84 Å². The third-order valence-corrected chi connectivity index (χ3v) is 2.56. The lowest BCUT2D eigenvalue weighted by molar-refractivity contribution is -0.157. The number of Topliss-reactive ketones (excluding diaryl/α,β-unsaturated/α-hetero) is 2. The van der Waals surface area contributed by atoms with E-state index in [2.05, 4.69) is 0 Å². The van der Waals surface area contributed by atoms with E-state index in [9.17, 15) is 19.5 Å². The number of allylic oxidation sites excluding steroid dienone is 1. The van der Waals surface area contributed by atoms with Gasteiger partial charge in [0.15, 0.2) is 11.4 Å². The second-order valence-corrected chi connectivity index (χ2v) is 4.12. The normalized spacial score (nSPS) is 24.5. The van der Waals surface area contributed by atoms with Crippen molar-refractivity contribution in [3.05, 3.63) is 23.0 Å². The van der Waals surface area contributed by atoms with E-state index in [0.29, 0.717) is 0 Å². The first kappa shape index (κ1) is 13.2. The van der Waals surface area contributed by atoms with E-state index < -0.39 is 23.1 Å². The maximum atomic E-state index is 11.9. The number of ether oxygens (including phenoxy) is 1. The highest BCUT2D eigenvalue weighted by Gasteiger charge is 2.41. The molecule has 1 aliphatic carbocycles. The molecule has 5 nitrogen and oxygen atoms in total. The number of ketones is 2. The summed E-state index contributed by atoms with van der Waals surface area (Å²) >= 11 is 0. The molecule has 5 heteroatoms.